The van der Waals surface area contributed by atoms with Crippen molar-refractivity contribution in [3.8, 4) is 55.8 Å². The average Bonchev–Trinajstić information content (AvgIpc) is 3.58. The number of hydrogen-bond acceptors (Lipinski definition) is 2. The first kappa shape index (κ1) is 31.2. The Morgan fingerprint density at radius 3 is 1.69 bits per heavy atom. The average molecular weight is 691 g/mol. The molecule has 2 aliphatic rings. The Labute approximate surface area is 315 Å². The van der Waals surface area contributed by atoms with Crippen LogP contribution < -0.4 is 0 Å². The van der Waals surface area contributed by atoms with Gasteiger partial charge in [0.25, 0.3) is 0 Å². The molecular weight excluding hydrogens is 653 g/mol. The third-order valence-electron chi connectivity index (χ3n) is 12.5. The molecule has 256 valence electrons. The van der Waals surface area contributed by atoms with E-state index in [0.717, 1.165) is 22.3 Å². The minimum absolute atomic E-state index is 0.0542. The number of benzene rings is 8. The van der Waals surface area contributed by atoms with Crippen LogP contribution in [0.1, 0.15) is 49.9 Å². The normalized spacial score (nSPS) is 14.6. The first-order chi connectivity index (χ1) is 26.3. The Morgan fingerprint density at radius 2 is 0.907 bits per heavy atom. The number of aromatic nitrogens is 2. The van der Waals surface area contributed by atoms with Crippen LogP contribution in [0.3, 0.4) is 0 Å². The number of hydrogen-bond donors (Lipinski definition) is 0. The Bertz CT molecular complexity index is 3050. The number of nitrogens with zero attached hydrogens (tertiary/aromatic N) is 2. The Hall–Kier alpha value is -6.38. The molecule has 0 amide bonds. The van der Waals surface area contributed by atoms with E-state index in [-0.39, 0.29) is 10.8 Å². The molecule has 0 spiro atoms. The van der Waals surface area contributed by atoms with Crippen LogP contribution in [0.2, 0.25) is 0 Å². The van der Waals surface area contributed by atoms with E-state index >= 15 is 0 Å². The summed E-state index contributed by atoms with van der Waals surface area (Å²) in [4.78, 5) is 10.1. The van der Waals surface area contributed by atoms with Gasteiger partial charge in [-0.1, -0.05) is 149 Å². The summed E-state index contributed by atoms with van der Waals surface area (Å²) in [7, 11) is 0. The van der Waals surface area contributed by atoms with Crippen molar-refractivity contribution >= 4 is 32.6 Å². The maximum Gasteiger partial charge on any atom is 0.0905 e. The molecule has 0 bridgehead atoms. The Balaban J connectivity index is 1.20. The Kier molecular flexibility index (Phi) is 6.39. The van der Waals surface area contributed by atoms with Gasteiger partial charge < -0.3 is 0 Å². The fraction of sp³-hybridized carbons (Fsp3) is 0.115. The largest absolute Gasteiger partial charge is 0.252 e. The molecule has 0 atom stereocenters. The van der Waals surface area contributed by atoms with Gasteiger partial charge >= 0.3 is 0 Å². The smallest absolute Gasteiger partial charge is 0.0905 e. The molecule has 2 nitrogen and oxygen atoms in total. The third-order valence-corrected chi connectivity index (χ3v) is 12.5. The summed E-state index contributed by atoms with van der Waals surface area (Å²) >= 11 is 0. The quantitative estimate of drug-likeness (QED) is 0.172. The van der Waals surface area contributed by atoms with Gasteiger partial charge in [0.1, 0.15) is 0 Å². The van der Waals surface area contributed by atoms with E-state index in [1.165, 1.54) is 88.3 Å². The van der Waals surface area contributed by atoms with Gasteiger partial charge in [0.2, 0.25) is 0 Å². The molecule has 11 rings (SSSR count). The number of para-hydroxylation sites is 2. The molecule has 1 aromatic heterocycles. The first-order valence-electron chi connectivity index (χ1n) is 19.0. The number of fused-ring (bicyclic) bond motifs is 9. The van der Waals surface area contributed by atoms with Gasteiger partial charge in [-0.15, -0.1) is 0 Å². The zero-order chi connectivity index (χ0) is 36.3. The summed E-state index contributed by atoms with van der Waals surface area (Å²) in [6.45, 7) is 9.42. The van der Waals surface area contributed by atoms with E-state index in [0.29, 0.717) is 0 Å². The van der Waals surface area contributed by atoms with Crippen molar-refractivity contribution in [3.05, 3.63) is 180 Å². The number of rotatable bonds is 3. The molecule has 8 aromatic carbocycles. The summed E-state index contributed by atoms with van der Waals surface area (Å²) in [5, 5.41) is 4.77. The summed E-state index contributed by atoms with van der Waals surface area (Å²) in [6, 6.07) is 56.1. The highest BCUT2D eigenvalue weighted by Gasteiger charge is 2.36. The van der Waals surface area contributed by atoms with E-state index < -0.39 is 0 Å². The lowest BCUT2D eigenvalue weighted by Crippen LogP contribution is -2.14. The van der Waals surface area contributed by atoms with Crippen LogP contribution in [0.15, 0.2) is 158 Å². The highest BCUT2D eigenvalue weighted by atomic mass is 14.8. The van der Waals surface area contributed by atoms with Crippen molar-refractivity contribution < 1.29 is 0 Å². The first-order valence-corrected chi connectivity index (χ1v) is 19.0. The van der Waals surface area contributed by atoms with E-state index in [1.54, 1.807) is 0 Å². The third kappa shape index (κ3) is 4.28. The molecule has 0 N–H and O–H groups in total. The minimum Gasteiger partial charge on any atom is -0.252 e. The van der Waals surface area contributed by atoms with E-state index in [9.17, 15) is 0 Å². The van der Waals surface area contributed by atoms with Crippen molar-refractivity contribution in [2.75, 3.05) is 0 Å². The summed E-state index contributed by atoms with van der Waals surface area (Å²) in [5.41, 5.74) is 19.5. The summed E-state index contributed by atoms with van der Waals surface area (Å²) < 4.78 is 0. The Morgan fingerprint density at radius 1 is 0.370 bits per heavy atom. The molecular formula is C52H38N2. The fourth-order valence-corrected chi connectivity index (χ4v) is 9.78. The van der Waals surface area contributed by atoms with Gasteiger partial charge in [0.15, 0.2) is 0 Å². The van der Waals surface area contributed by atoms with Crippen LogP contribution in [-0.2, 0) is 10.8 Å². The molecule has 0 saturated carbocycles. The standard InChI is InChI=1S/C52H38N2/c1-51(2)43-18-10-8-14-35(43)40-28-33(23-26-44(40)51)49-37-15-5-6-16-38(37)50(48-30-53-46-19-11-12-20-47(46)54-48)39-25-22-31(27-41(39)49)32-21-24-36-34-13-7-9-17-42(34)52(3,4)45(36)29-32/h5-30H,1-4H3. The highest BCUT2D eigenvalue weighted by Crippen LogP contribution is 2.53. The molecule has 0 aliphatic heterocycles. The molecule has 2 aliphatic carbocycles. The van der Waals surface area contributed by atoms with Gasteiger partial charge in [-0.25, -0.2) is 4.98 Å². The molecule has 2 heteroatoms. The van der Waals surface area contributed by atoms with Crippen molar-refractivity contribution in [1.82, 2.24) is 9.97 Å². The van der Waals surface area contributed by atoms with Crippen LogP contribution in [0.5, 0.6) is 0 Å². The monoisotopic (exact) mass is 690 g/mol. The summed E-state index contributed by atoms with van der Waals surface area (Å²) in [6.07, 6.45) is 1.95. The van der Waals surface area contributed by atoms with E-state index in [1.807, 2.05) is 24.4 Å². The van der Waals surface area contributed by atoms with Gasteiger partial charge in [0, 0.05) is 16.4 Å². The van der Waals surface area contributed by atoms with Crippen LogP contribution in [0.25, 0.3) is 88.3 Å². The molecule has 0 saturated heterocycles. The van der Waals surface area contributed by atoms with Crippen molar-refractivity contribution in [1.29, 1.82) is 0 Å². The second-order valence-corrected chi connectivity index (χ2v) is 16.2. The zero-order valence-corrected chi connectivity index (χ0v) is 30.9. The van der Waals surface area contributed by atoms with E-state index in [2.05, 4.69) is 161 Å². The maximum atomic E-state index is 5.23. The van der Waals surface area contributed by atoms with E-state index in [4.69, 9.17) is 9.97 Å². The second kappa shape index (κ2) is 11.1. The molecule has 1 heterocycles. The lowest BCUT2D eigenvalue weighted by Gasteiger charge is -2.22. The van der Waals surface area contributed by atoms with Crippen LogP contribution >= 0.6 is 0 Å². The van der Waals surface area contributed by atoms with Gasteiger partial charge in [0.05, 0.1) is 22.9 Å². The van der Waals surface area contributed by atoms with Gasteiger partial charge in [-0.05, 0) is 119 Å². The fourth-order valence-electron chi connectivity index (χ4n) is 9.78. The minimum atomic E-state index is -0.0729. The predicted molar refractivity (Wildman–Crippen MR) is 226 cm³/mol. The van der Waals surface area contributed by atoms with Crippen molar-refractivity contribution in [2.24, 2.45) is 0 Å². The topological polar surface area (TPSA) is 25.8 Å². The molecule has 54 heavy (non-hydrogen) atoms. The molecule has 0 unspecified atom stereocenters. The second-order valence-electron chi connectivity index (χ2n) is 16.2. The van der Waals surface area contributed by atoms with Crippen molar-refractivity contribution in [2.45, 2.75) is 38.5 Å². The lowest BCUT2D eigenvalue weighted by molar-refractivity contribution is 0.660. The lowest BCUT2D eigenvalue weighted by atomic mass is 9.81. The van der Waals surface area contributed by atoms with Crippen LogP contribution in [0.4, 0.5) is 0 Å². The highest BCUT2D eigenvalue weighted by molar-refractivity contribution is 6.22. The van der Waals surface area contributed by atoms with Crippen molar-refractivity contribution in [3.63, 3.8) is 0 Å². The molecule has 0 radical (unpaired) electrons. The molecule has 9 aromatic rings. The molecule has 0 fully saturated rings. The SMILES string of the molecule is CC1(C)c2ccccc2-c2cc(-c3c4ccccc4c(-c4cnc5ccccc5n4)c4ccc(-c5ccc6c(c5)C(C)(C)c5ccccc5-6)cc34)ccc21. The summed E-state index contributed by atoms with van der Waals surface area (Å²) in [5.74, 6) is 0. The van der Waals surface area contributed by atoms with Crippen LogP contribution in [-0.4, -0.2) is 9.97 Å². The maximum absolute atomic E-state index is 5.23. The van der Waals surface area contributed by atoms with Gasteiger partial charge in [-0.2, -0.15) is 0 Å². The zero-order valence-electron chi connectivity index (χ0n) is 30.9. The van der Waals surface area contributed by atoms with Crippen LogP contribution in [0, 0.1) is 0 Å². The van der Waals surface area contributed by atoms with Gasteiger partial charge in [-0.3, -0.25) is 4.98 Å². The predicted octanol–water partition coefficient (Wildman–Crippen LogP) is 13.5.